The Hall–Kier alpha value is -1.03. The van der Waals surface area contributed by atoms with Gasteiger partial charge in [0.1, 0.15) is 5.82 Å². The normalized spacial score (nSPS) is 21.5. The SMILES string of the molecule is Fc1ccc(F)c([C@@H]2CCCN2)c1F. The van der Waals surface area contributed by atoms with Crippen LogP contribution in [0.4, 0.5) is 13.2 Å². The van der Waals surface area contributed by atoms with Crippen LogP contribution in [0.25, 0.3) is 0 Å². The first-order chi connectivity index (χ1) is 6.70. The largest absolute Gasteiger partial charge is 0.310 e. The molecule has 4 heteroatoms. The Morgan fingerprint density at radius 1 is 1.14 bits per heavy atom. The zero-order chi connectivity index (χ0) is 10.1. The van der Waals surface area contributed by atoms with Crippen LogP contribution in [0.3, 0.4) is 0 Å². The quantitative estimate of drug-likeness (QED) is 0.688. The maximum atomic E-state index is 13.3. The van der Waals surface area contributed by atoms with Crippen molar-refractivity contribution in [3.8, 4) is 0 Å². The van der Waals surface area contributed by atoms with Crippen LogP contribution in [0.2, 0.25) is 0 Å². The van der Waals surface area contributed by atoms with Crippen molar-refractivity contribution in [2.45, 2.75) is 18.9 Å². The molecule has 1 aromatic rings. The van der Waals surface area contributed by atoms with Gasteiger partial charge in [-0.15, -0.1) is 0 Å². The third-order valence-corrected chi connectivity index (χ3v) is 2.49. The minimum Gasteiger partial charge on any atom is -0.310 e. The van der Waals surface area contributed by atoms with E-state index in [0.717, 1.165) is 25.1 Å². The highest BCUT2D eigenvalue weighted by molar-refractivity contribution is 5.25. The zero-order valence-corrected chi connectivity index (χ0v) is 7.49. The summed E-state index contributed by atoms with van der Waals surface area (Å²) < 4.78 is 39.3. The highest BCUT2D eigenvalue weighted by Gasteiger charge is 2.24. The Kier molecular flexibility index (Phi) is 2.46. The smallest absolute Gasteiger partial charge is 0.166 e. The molecule has 14 heavy (non-hydrogen) atoms. The lowest BCUT2D eigenvalue weighted by molar-refractivity contribution is 0.455. The predicted octanol–water partition coefficient (Wildman–Crippen LogP) is 2.53. The number of nitrogens with one attached hydrogen (secondary N) is 1. The molecular formula is C10H10F3N. The second-order valence-electron chi connectivity index (χ2n) is 3.41. The highest BCUT2D eigenvalue weighted by Crippen LogP contribution is 2.28. The summed E-state index contributed by atoms with van der Waals surface area (Å²) in [5, 5.41) is 2.94. The molecule has 1 aromatic carbocycles. The van der Waals surface area contributed by atoms with Crippen molar-refractivity contribution in [2.24, 2.45) is 0 Å². The van der Waals surface area contributed by atoms with Crippen molar-refractivity contribution >= 4 is 0 Å². The summed E-state index contributed by atoms with van der Waals surface area (Å²) in [6.45, 7) is 0.722. The number of benzene rings is 1. The second kappa shape index (κ2) is 3.61. The van der Waals surface area contributed by atoms with Crippen LogP contribution in [0, 0.1) is 17.5 Å². The van der Waals surface area contributed by atoms with Crippen molar-refractivity contribution in [3.05, 3.63) is 35.1 Å². The molecule has 0 aliphatic carbocycles. The molecule has 1 aliphatic rings. The van der Waals surface area contributed by atoms with Crippen LogP contribution in [0.5, 0.6) is 0 Å². The molecule has 1 nitrogen and oxygen atoms in total. The lowest BCUT2D eigenvalue weighted by atomic mass is 10.0. The van der Waals surface area contributed by atoms with Gasteiger partial charge in [-0.2, -0.15) is 0 Å². The Bertz CT molecular complexity index is 345. The van der Waals surface area contributed by atoms with Crippen molar-refractivity contribution in [1.29, 1.82) is 0 Å². The van der Waals surface area contributed by atoms with Gasteiger partial charge < -0.3 is 5.32 Å². The minimum absolute atomic E-state index is 0.164. The van der Waals surface area contributed by atoms with E-state index in [1.165, 1.54) is 0 Å². The average molecular weight is 201 g/mol. The Labute approximate surface area is 79.9 Å². The molecule has 0 aromatic heterocycles. The number of halogens is 3. The first-order valence-electron chi connectivity index (χ1n) is 4.57. The molecule has 76 valence electrons. The van der Waals surface area contributed by atoms with Crippen LogP contribution in [-0.4, -0.2) is 6.54 Å². The van der Waals surface area contributed by atoms with E-state index < -0.39 is 17.5 Å². The summed E-state index contributed by atoms with van der Waals surface area (Å²) in [4.78, 5) is 0. The van der Waals surface area contributed by atoms with Crippen molar-refractivity contribution < 1.29 is 13.2 Å². The van der Waals surface area contributed by atoms with E-state index in [1.54, 1.807) is 0 Å². The topological polar surface area (TPSA) is 12.0 Å². The molecule has 0 amide bonds. The molecule has 1 fully saturated rings. The van der Waals surface area contributed by atoms with Crippen molar-refractivity contribution in [3.63, 3.8) is 0 Å². The predicted molar refractivity (Wildman–Crippen MR) is 46.3 cm³/mol. The molecular weight excluding hydrogens is 191 g/mol. The van der Waals surface area contributed by atoms with E-state index in [4.69, 9.17) is 0 Å². The van der Waals surface area contributed by atoms with E-state index in [9.17, 15) is 13.2 Å². The van der Waals surface area contributed by atoms with Crippen molar-refractivity contribution in [2.75, 3.05) is 6.54 Å². The van der Waals surface area contributed by atoms with Gasteiger partial charge in [-0.3, -0.25) is 0 Å². The van der Waals surface area contributed by atoms with E-state index in [-0.39, 0.29) is 11.6 Å². The van der Waals surface area contributed by atoms with Crippen LogP contribution in [-0.2, 0) is 0 Å². The van der Waals surface area contributed by atoms with E-state index >= 15 is 0 Å². The van der Waals surface area contributed by atoms with Gasteiger partial charge in [-0.25, -0.2) is 13.2 Å². The average Bonchev–Trinajstić information content (AvgIpc) is 2.65. The summed E-state index contributed by atoms with van der Waals surface area (Å²) in [6.07, 6.45) is 1.51. The molecule has 0 radical (unpaired) electrons. The fraction of sp³-hybridized carbons (Fsp3) is 0.400. The summed E-state index contributed by atoms with van der Waals surface area (Å²) >= 11 is 0. The maximum absolute atomic E-state index is 13.3. The number of hydrogen-bond donors (Lipinski definition) is 1. The molecule has 0 spiro atoms. The molecule has 0 unspecified atom stereocenters. The standard InChI is InChI=1S/C10H10F3N/c11-6-3-4-7(12)10(13)9(6)8-2-1-5-14-8/h3-4,8,14H,1-2,5H2/t8-/m0/s1. The van der Waals surface area contributed by atoms with Crippen molar-refractivity contribution in [1.82, 2.24) is 5.32 Å². The molecule has 0 saturated carbocycles. The second-order valence-corrected chi connectivity index (χ2v) is 3.41. The molecule has 0 bridgehead atoms. The van der Waals surface area contributed by atoms with Gasteiger partial charge >= 0.3 is 0 Å². The number of rotatable bonds is 1. The molecule has 1 heterocycles. The van der Waals surface area contributed by atoms with Crippen LogP contribution in [0.1, 0.15) is 24.4 Å². The lowest BCUT2D eigenvalue weighted by Crippen LogP contribution is -2.16. The van der Waals surface area contributed by atoms with Gasteiger partial charge in [0.2, 0.25) is 0 Å². The first-order valence-corrected chi connectivity index (χ1v) is 4.57. The monoisotopic (exact) mass is 201 g/mol. The van der Waals surface area contributed by atoms with Crippen LogP contribution in [0.15, 0.2) is 12.1 Å². The molecule has 1 atom stereocenters. The maximum Gasteiger partial charge on any atom is 0.166 e. The van der Waals surface area contributed by atoms with Gasteiger partial charge in [-0.05, 0) is 31.5 Å². The third-order valence-electron chi connectivity index (χ3n) is 2.49. The fourth-order valence-corrected chi connectivity index (χ4v) is 1.79. The van der Waals surface area contributed by atoms with Gasteiger partial charge in [0, 0.05) is 11.6 Å². The van der Waals surface area contributed by atoms with Crippen LogP contribution < -0.4 is 5.32 Å². The Balaban J connectivity index is 2.44. The first kappa shape index (κ1) is 9.52. The molecule has 1 saturated heterocycles. The summed E-state index contributed by atoms with van der Waals surface area (Å²) in [6, 6.07) is 1.39. The van der Waals surface area contributed by atoms with E-state index in [2.05, 4.69) is 5.32 Å². The fourth-order valence-electron chi connectivity index (χ4n) is 1.79. The Morgan fingerprint density at radius 2 is 1.86 bits per heavy atom. The van der Waals surface area contributed by atoms with Gasteiger partial charge in [0.25, 0.3) is 0 Å². The molecule has 1 aliphatic heterocycles. The number of hydrogen-bond acceptors (Lipinski definition) is 1. The summed E-state index contributed by atoms with van der Waals surface area (Å²) in [5.74, 6) is -2.73. The minimum atomic E-state index is -1.07. The Morgan fingerprint density at radius 3 is 2.50 bits per heavy atom. The van der Waals surface area contributed by atoms with Crippen LogP contribution >= 0.6 is 0 Å². The molecule has 2 rings (SSSR count). The third kappa shape index (κ3) is 1.50. The van der Waals surface area contributed by atoms with Gasteiger partial charge in [0.15, 0.2) is 11.6 Å². The highest BCUT2D eigenvalue weighted by atomic mass is 19.2. The lowest BCUT2D eigenvalue weighted by Gasteiger charge is -2.12. The summed E-state index contributed by atoms with van der Waals surface area (Å²) in [5.41, 5.74) is -0.164. The van der Waals surface area contributed by atoms with Gasteiger partial charge in [0.05, 0.1) is 0 Å². The van der Waals surface area contributed by atoms with E-state index in [1.807, 2.05) is 0 Å². The van der Waals surface area contributed by atoms with E-state index in [0.29, 0.717) is 6.42 Å². The van der Waals surface area contributed by atoms with Gasteiger partial charge in [-0.1, -0.05) is 0 Å². The molecule has 1 N–H and O–H groups in total. The summed E-state index contributed by atoms with van der Waals surface area (Å²) in [7, 11) is 0. The zero-order valence-electron chi connectivity index (χ0n) is 7.49.